The summed E-state index contributed by atoms with van der Waals surface area (Å²) >= 11 is 0. The van der Waals surface area contributed by atoms with Gasteiger partial charge in [-0.25, -0.2) is 0 Å². The van der Waals surface area contributed by atoms with Gasteiger partial charge in [-0.15, -0.1) is 0 Å². The first-order valence-electron chi connectivity index (χ1n) is 7.63. The zero-order valence-electron chi connectivity index (χ0n) is 13.8. The average Bonchev–Trinajstić information content (AvgIpc) is 2.98. The topological polar surface area (TPSA) is 84.7 Å². The highest BCUT2D eigenvalue weighted by Gasteiger charge is 2.15. The van der Waals surface area contributed by atoms with Crippen LogP contribution in [0.15, 0.2) is 40.9 Å². The lowest BCUT2D eigenvalue weighted by Crippen LogP contribution is -2.34. The summed E-state index contributed by atoms with van der Waals surface area (Å²) < 4.78 is 9.64. The molecule has 1 amide bonds. The number of aryl methyl sites for hydroxylation is 1. The Balaban J connectivity index is 1.95. The van der Waals surface area contributed by atoms with Crippen molar-refractivity contribution in [3.05, 3.63) is 47.7 Å². The van der Waals surface area contributed by atoms with E-state index in [-0.39, 0.29) is 24.8 Å². The minimum Gasteiger partial charge on any atom is -0.469 e. The zero-order chi connectivity index (χ0) is 17.4. The normalized spacial score (nSPS) is 10.6. The van der Waals surface area contributed by atoms with Crippen LogP contribution in [0.25, 0.3) is 0 Å². The van der Waals surface area contributed by atoms with Crippen LogP contribution in [0.4, 0.5) is 5.88 Å². The molecule has 1 aromatic carbocycles. The van der Waals surface area contributed by atoms with Gasteiger partial charge in [-0.2, -0.15) is 0 Å². The number of benzene rings is 1. The van der Waals surface area contributed by atoms with E-state index in [4.69, 9.17) is 4.52 Å². The third-order valence-corrected chi connectivity index (χ3v) is 3.37. The molecular weight excluding hydrogens is 310 g/mol. The third kappa shape index (κ3) is 5.85. The molecule has 0 radical (unpaired) electrons. The highest BCUT2D eigenvalue weighted by atomic mass is 16.5. The van der Waals surface area contributed by atoms with Gasteiger partial charge in [0.25, 0.3) is 0 Å². The lowest BCUT2D eigenvalue weighted by molar-refractivity contribution is -0.141. The van der Waals surface area contributed by atoms with E-state index in [9.17, 15) is 9.59 Å². The first-order valence-corrected chi connectivity index (χ1v) is 7.63. The number of amides is 1. The maximum atomic E-state index is 12.2. The third-order valence-electron chi connectivity index (χ3n) is 3.37. The largest absolute Gasteiger partial charge is 0.469 e. The van der Waals surface area contributed by atoms with E-state index in [0.717, 1.165) is 5.56 Å². The van der Waals surface area contributed by atoms with Crippen LogP contribution in [0.3, 0.4) is 0 Å². The molecule has 0 aliphatic carbocycles. The molecule has 1 N–H and O–H groups in total. The standard InChI is InChI=1S/C17H21N3O4/c1-13-10-16(24-19-13)18-15(21)12-20(9-8-17(22)23-2)11-14-6-4-3-5-7-14/h3-7,10H,8-9,11-12H2,1-2H3,(H,18,21). The molecule has 0 saturated carbocycles. The second kappa shape index (κ2) is 8.83. The van der Waals surface area contributed by atoms with Gasteiger partial charge in [0.1, 0.15) is 0 Å². The zero-order valence-corrected chi connectivity index (χ0v) is 13.8. The Hall–Kier alpha value is -2.67. The van der Waals surface area contributed by atoms with Crippen LogP contribution in [0, 0.1) is 6.92 Å². The van der Waals surface area contributed by atoms with Gasteiger partial charge in [0.2, 0.25) is 11.8 Å². The van der Waals surface area contributed by atoms with E-state index >= 15 is 0 Å². The number of nitrogens with zero attached hydrogens (tertiary/aromatic N) is 2. The number of esters is 1. The van der Waals surface area contributed by atoms with Crippen molar-refractivity contribution in [3.63, 3.8) is 0 Å². The highest BCUT2D eigenvalue weighted by Crippen LogP contribution is 2.09. The number of nitrogens with one attached hydrogen (secondary N) is 1. The molecular formula is C17H21N3O4. The lowest BCUT2D eigenvalue weighted by atomic mass is 10.2. The van der Waals surface area contributed by atoms with Gasteiger partial charge < -0.3 is 9.26 Å². The van der Waals surface area contributed by atoms with Gasteiger partial charge in [-0.1, -0.05) is 35.5 Å². The summed E-state index contributed by atoms with van der Waals surface area (Å²) in [6, 6.07) is 11.4. The maximum absolute atomic E-state index is 12.2. The number of hydrogen-bond donors (Lipinski definition) is 1. The molecule has 0 fully saturated rings. The molecule has 0 unspecified atom stereocenters. The van der Waals surface area contributed by atoms with Crippen molar-refractivity contribution in [2.75, 3.05) is 25.5 Å². The molecule has 2 aromatic rings. The van der Waals surface area contributed by atoms with Crippen molar-refractivity contribution >= 4 is 17.8 Å². The minimum atomic E-state index is -0.306. The van der Waals surface area contributed by atoms with Crippen LogP contribution in [-0.4, -0.2) is 42.1 Å². The van der Waals surface area contributed by atoms with Gasteiger partial charge in [-0.05, 0) is 12.5 Å². The van der Waals surface area contributed by atoms with E-state index in [2.05, 4.69) is 15.2 Å². The Bertz CT molecular complexity index is 669. The SMILES string of the molecule is COC(=O)CCN(CC(=O)Nc1cc(C)no1)Cc1ccccc1. The van der Waals surface area contributed by atoms with Gasteiger partial charge >= 0.3 is 5.97 Å². The van der Waals surface area contributed by atoms with Crippen molar-refractivity contribution in [1.82, 2.24) is 10.1 Å². The van der Waals surface area contributed by atoms with Crippen molar-refractivity contribution in [3.8, 4) is 0 Å². The molecule has 0 aliphatic heterocycles. The molecule has 128 valence electrons. The van der Waals surface area contributed by atoms with E-state index in [1.54, 1.807) is 13.0 Å². The minimum absolute atomic E-state index is 0.131. The van der Waals surface area contributed by atoms with E-state index in [0.29, 0.717) is 24.7 Å². The Morgan fingerprint density at radius 3 is 2.67 bits per heavy atom. The van der Waals surface area contributed by atoms with Crippen molar-refractivity contribution in [1.29, 1.82) is 0 Å². The number of anilines is 1. The summed E-state index contributed by atoms with van der Waals surface area (Å²) in [5, 5.41) is 6.38. The van der Waals surface area contributed by atoms with E-state index in [1.807, 2.05) is 35.2 Å². The smallest absolute Gasteiger partial charge is 0.306 e. The summed E-state index contributed by atoms with van der Waals surface area (Å²) in [6.07, 6.45) is 0.220. The highest BCUT2D eigenvalue weighted by molar-refractivity contribution is 5.91. The van der Waals surface area contributed by atoms with E-state index in [1.165, 1.54) is 7.11 Å². The second-order valence-electron chi connectivity index (χ2n) is 5.40. The Morgan fingerprint density at radius 1 is 1.29 bits per heavy atom. The monoisotopic (exact) mass is 331 g/mol. The predicted octanol–water partition coefficient (Wildman–Crippen LogP) is 1.99. The van der Waals surface area contributed by atoms with Gasteiger partial charge in [0, 0.05) is 19.2 Å². The molecule has 0 atom stereocenters. The maximum Gasteiger partial charge on any atom is 0.306 e. The number of carbonyl (C=O) groups is 2. The summed E-state index contributed by atoms with van der Waals surface area (Å²) in [6.45, 7) is 2.88. The number of ether oxygens (including phenoxy) is 1. The molecule has 7 heteroatoms. The Kier molecular flexibility index (Phi) is 6.51. The molecule has 1 heterocycles. The summed E-state index contributed by atoms with van der Waals surface area (Å²) in [4.78, 5) is 25.4. The molecule has 2 rings (SSSR count). The van der Waals surface area contributed by atoms with Gasteiger partial charge in [0.15, 0.2) is 0 Å². The number of hydrogen-bond acceptors (Lipinski definition) is 6. The van der Waals surface area contributed by atoms with Crippen LogP contribution >= 0.6 is 0 Å². The fraction of sp³-hybridized carbons (Fsp3) is 0.353. The number of aromatic nitrogens is 1. The quantitative estimate of drug-likeness (QED) is 0.745. The average molecular weight is 331 g/mol. The number of methoxy groups -OCH3 is 1. The van der Waals surface area contributed by atoms with Gasteiger partial charge in [-0.3, -0.25) is 19.8 Å². The molecule has 24 heavy (non-hydrogen) atoms. The van der Waals surface area contributed by atoms with Crippen molar-refractivity contribution in [2.24, 2.45) is 0 Å². The van der Waals surface area contributed by atoms with E-state index < -0.39 is 0 Å². The molecule has 7 nitrogen and oxygen atoms in total. The fourth-order valence-electron chi connectivity index (χ4n) is 2.21. The molecule has 0 saturated heterocycles. The van der Waals surface area contributed by atoms with Crippen LogP contribution in [0.5, 0.6) is 0 Å². The van der Waals surface area contributed by atoms with Crippen LogP contribution in [-0.2, 0) is 20.9 Å². The van der Waals surface area contributed by atoms with Crippen molar-refractivity contribution in [2.45, 2.75) is 19.9 Å². The Labute approximate surface area is 140 Å². The van der Waals surface area contributed by atoms with Gasteiger partial charge in [0.05, 0.1) is 25.8 Å². The molecule has 1 aromatic heterocycles. The number of carbonyl (C=O) groups excluding carboxylic acids is 2. The summed E-state index contributed by atoms with van der Waals surface area (Å²) in [7, 11) is 1.35. The summed E-state index contributed by atoms with van der Waals surface area (Å²) in [5.74, 6) is -0.226. The van der Waals surface area contributed by atoms with Crippen molar-refractivity contribution < 1.29 is 18.8 Å². The Morgan fingerprint density at radius 2 is 2.04 bits per heavy atom. The van der Waals surface area contributed by atoms with Crippen LogP contribution in [0.1, 0.15) is 17.7 Å². The first kappa shape index (κ1) is 17.7. The fourth-order valence-corrected chi connectivity index (χ4v) is 2.21. The van der Waals surface area contributed by atoms with Crippen LogP contribution < -0.4 is 5.32 Å². The van der Waals surface area contributed by atoms with Crippen LogP contribution in [0.2, 0.25) is 0 Å². The summed E-state index contributed by atoms with van der Waals surface area (Å²) in [5.41, 5.74) is 1.75. The predicted molar refractivity (Wildman–Crippen MR) is 88.2 cm³/mol. The lowest BCUT2D eigenvalue weighted by Gasteiger charge is -2.21. The molecule has 0 aliphatic rings. The molecule has 0 spiro atoms. The molecule has 0 bridgehead atoms. The number of rotatable bonds is 8. The first-order chi connectivity index (χ1) is 11.6. The second-order valence-corrected chi connectivity index (χ2v) is 5.40.